The van der Waals surface area contributed by atoms with Crippen molar-refractivity contribution in [3.8, 4) is 0 Å². The predicted molar refractivity (Wildman–Crippen MR) is 66.0 cm³/mol. The maximum Gasteiger partial charge on any atom is 0.220 e. The molecule has 0 radical (unpaired) electrons. The zero-order valence-corrected chi connectivity index (χ0v) is 9.98. The molecule has 1 aliphatic rings. The maximum absolute atomic E-state index is 11.8. The molecule has 0 spiro atoms. The lowest BCUT2D eigenvalue weighted by atomic mass is 9.66. The Bertz CT molecular complexity index is 368. The highest BCUT2D eigenvalue weighted by Gasteiger charge is 2.37. The van der Waals surface area contributed by atoms with Crippen molar-refractivity contribution in [1.82, 2.24) is 10.3 Å². The van der Waals surface area contributed by atoms with Crippen LogP contribution in [0.1, 0.15) is 31.4 Å². The average Bonchev–Trinajstić information content (AvgIpc) is 2.33. The van der Waals surface area contributed by atoms with E-state index in [9.17, 15) is 4.79 Å². The number of rotatable bonds is 5. The molecule has 1 aromatic rings. The summed E-state index contributed by atoms with van der Waals surface area (Å²) in [7, 11) is 0. The van der Waals surface area contributed by atoms with Crippen molar-refractivity contribution >= 4 is 5.91 Å². The van der Waals surface area contributed by atoms with E-state index in [-0.39, 0.29) is 11.3 Å². The molecule has 1 amide bonds. The molecule has 4 heteroatoms. The molecule has 0 bridgehead atoms. The van der Waals surface area contributed by atoms with E-state index in [0.29, 0.717) is 19.5 Å². The minimum absolute atomic E-state index is 0.0776. The van der Waals surface area contributed by atoms with Crippen molar-refractivity contribution in [2.45, 2.75) is 32.2 Å². The molecule has 1 aromatic heterocycles. The predicted octanol–water partition coefficient (Wildman–Crippen LogP) is 1.22. The third kappa shape index (κ3) is 3.03. The molecule has 4 nitrogen and oxygen atoms in total. The molecular formula is C13H19N3O. The summed E-state index contributed by atoms with van der Waals surface area (Å²) in [5.74, 6) is 0.0841. The highest BCUT2D eigenvalue weighted by molar-refractivity contribution is 5.76. The Kier molecular flexibility index (Phi) is 3.74. The van der Waals surface area contributed by atoms with Gasteiger partial charge in [-0.15, -0.1) is 0 Å². The Balaban J connectivity index is 1.78. The van der Waals surface area contributed by atoms with Gasteiger partial charge in [0.25, 0.3) is 0 Å². The molecule has 0 aliphatic heterocycles. The second kappa shape index (κ2) is 5.27. The van der Waals surface area contributed by atoms with Crippen LogP contribution < -0.4 is 11.1 Å². The van der Waals surface area contributed by atoms with E-state index >= 15 is 0 Å². The summed E-state index contributed by atoms with van der Waals surface area (Å²) < 4.78 is 0. The van der Waals surface area contributed by atoms with Crippen molar-refractivity contribution < 1.29 is 4.79 Å². The fraction of sp³-hybridized carbons (Fsp3) is 0.538. The fourth-order valence-corrected chi connectivity index (χ4v) is 2.22. The van der Waals surface area contributed by atoms with Crippen molar-refractivity contribution in [2.24, 2.45) is 11.1 Å². The van der Waals surface area contributed by atoms with E-state index in [1.54, 1.807) is 6.20 Å². The summed E-state index contributed by atoms with van der Waals surface area (Å²) in [5.41, 5.74) is 6.70. The molecule has 1 heterocycles. The summed E-state index contributed by atoms with van der Waals surface area (Å²) in [6.45, 7) is 1.12. The standard InChI is InChI=1S/C13H19N3O/c14-10-13(5-3-6-13)8-12(17)16-9-11-4-1-2-7-15-11/h1-2,4,7H,3,5-6,8-10,14H2,(H,16,17). The minimum atomic E-state index is 0.0776. The molecular weight excluding hydrogens is 214 g/mol. The van der Waals surface area contributed by atoms with Crippen LogP contribution in [0.3, 0.4) is 0 Å². The lowest BCUT2D eigenvalue weighted by molar-refractivity contribution is -0.124. The van der Waals surface area contributed by atoms with Crippen molar-refractivity contribution in [3.63, 3.8) is 0 Å². The fourth-order valence-electron chi connectivity index (χ4n) is 2.22. The van der Waals surface area contributed by atoms with Gasteiger partial charge in [-0.05, 0) is 36.9 Å². The number of carbonyl (C=O) groups excluding carboxylic acids is 1. The van der Waals surface area contributed by atoms with Crippen LogP contribution in [0.2, 0.25) is 0 Å². The molecule has 0 atom stereocenters. The molecule has 1 aliphatic carbocycles. The zero-order chi connectivity index (χ0) is 12.1. The van der Waals surface area contributed by atoms with Crippen LogP contribution in [0.15, 0.2) is 24.4 Å². The van der Waals surface area contributed by atoms with Crippen LogP contribution in [0.25, 0.3) is 0 Å². The van der Waals surface area contributed by atoms with Crippen LogP contribution in [0.4, 0.5) is 0 Å². The first kappa shape index (κ1) is 12.0. The first-order valence-corrected chi connectivity index (χ1v) is 6.11. The summed E-state index contributed by atoms with van der Waals surface area (Å²) in [5, 5.41) is 2.90. The second-order valence-corrected chi connectivity index (χ2v) is 4.83. The maximum atomic E-state index is 11.8. The molecule has 3 N–H and O–H groups in total. The van der Waals surface area contributed by atoms with Gasteiger partial charge in [0.05, 0.1) is 12.2 Å². The lowest BCUT2D eigenvalue weighted by Crippen LogP contribution is -2.41. The van der Waals surface area contributed by atoms with Crippen molar-refractivity contribution in [1.29, 1.82) is 0 Å². The highest BCUT2D eigenvalue weighted by Crippen LogP contribution is 2.42. The molecule has 0 aromatic carbocycles. The van der Waals surface area contributed by atoms with Crippen LogP contribution in [0.5, 0.6) is 0 Å². The number of amides is 1. The number of nitrogens with zero attached hydrogens (tertiary/aromatic N) is 1. The van der Waals surface area contributed by atoms with Crippen LogP contribution in [-0.4, -0.2) is 17.4 Å². The third-order valence-electron chi connectivity index (χ3n) is 3.58. The summed E-state index contributed by atoms with van der Waals surface area (Å²) in [6, 6.07) is 5.69. The summed E-state index contributed by atoms with van der Waals surface area (Å²) >= 11 is 0. The van der Waals surface area contributed by atoms with Gasteiger partial charge < -0.3 is 11.1 Å². The Labute approximate surface area is 102 Å². The Morgan fingerprint density at radius 3 is 2.82 bits per heavy atom. The van der Waals surface area contributed by atoms with E-state index in [2.05, 4.69) is 10.3 Å². The molecule has 0 saturated heterocycles. The molecule has 17 heavy (non-hydrogen) atoms. The van der Waals surface area contributed by atoms with E-state index in [4.69, 9.17) is 5.73 Å². The molecule has 2 rings (SSSR count). The number of hydrogen-bond acceptors (Lipinski definition) is 3. The Morgan fingerprint density at radius 1 is 1.47 bits per heavy atom. The van der Waals surface area contributed by atoms with Gasteiger partial charge in [-0.3, -0.25) is 9.78 Å². The van der Waals surface area contributed by atoms with Crippen molar-refractivity contribution in [2.75, 3.05) is 6.54 Å². The number of nitrogens with one attached hydrogen (secondary N) is 1. The van der Waals surface area contributed by atoms with Gasteiger partial charge in [0, 0.05) is 12.6 Å². The summed E-state index contributed by atoms with van der Waals surface area (Å²) in [6.07, 6.45) is 5.65. The van der Waals surface area contributed by atoms with E-state index < -0.39 is 0 Å². The van der Waals surface area contributed by atoms with E-state index in [1.807, 2.05) is 18.2 Å². The number of carbonyl (C=O) groups is 1. The number of pyridine rings is 1. The number of nitrogens with two attached hydrogens (primary N) is 1. The quantitative estimate of drug-likeness (QED) is 0.803. The minimum Gasteiger partial charge on any atom is -0.350 e. The SMILES string of the molecule is NCC1(CC(=O)NCc2ccccn2)CCC1. The van der Waals surface area contributed by atoms with Gasteiger partial charge in [-0.25, -0.2) is 0 Å². The number of hydrogen-bond donors (Lipinski definition) is 2. The summed E-state index contributed by atoms with van der Waals surface area (Å²) in [4.78, 5) is 16.0. The van der Waals surface area contributed by atoms with Gasteiger partial charge in [-0.1, -0.05) is 12.5 Å². The van der Waals surface area contributed by atoms with Gasteiger partial charge >= 0.3 is 0 Å². The van der Waals surface area contributed by atoms with Gasteiger partial charge in [-0.2, -0.15) is 0 Å². The lowest BCUT2D eigenvalue weighted by Gasteiger charge is -2.40. The van der Waals surface area contributed by atoms with E-state index in [0.717, 1.165) is 18.5 Å². The first-order chi connectivity index (χ1) is 8.24. The molecule has 92 valence electrons. The van der Waals surface area contributed by atoms with Gasteiger partial charge in [0.15, 0.2) is 0 Å². The van der Waals surface area contributed by atoms with Crippen LogP contribution >= 0.6 is 0 Å². The highest BCUT2D eigenvalue weighted by atomic mass is 16.1. The van der Waals surface area contributed by atoms with Gasteiger partial charge in [0.2, 0.25) is 5.91 Å². The van der Waals surface area contributed by atoms with Crippen LogP contribution in [-0.2, 0) is 11.3 Å². The normalized spacial score (nSPS) is 17.2. The van der Waals surface area contributed by atoms with Crippen molar-refractivity contribution in [3.05, 3.63) is 30.1 Å². The largest absolute Gasteiger partial charge is 0.350 e. The van der Waals surface area contributed by atoms with E-state index in [1.165, 1.54) is 6.42 Å². The van der Waals surface area contributed by atoms with Gasteiger partial charge in [0.1, 0.15) is 0 Å². The number of aromatic nitrogens is 1. The zero-order valence-electron chi connectivity index (χ0n) is 9.98. The topological polar surface area (TPSA) is 68.0 Å². The molecule has 0 unspecified atom stereocenters. The second-order valence-electron chi connectivity index (χ2n) is 4.83. The molecule has 1 fully saturated rings. The molecule has 1 saturated carbocycles. The Morgan fingerprint density at radius 2 is 2.29 bits per heavy atom. The smallest absolute Gasteiger partial charge is 0.220 e. The Hall–Kier alpha value is -1.42. The van der Waals surface area contributed by atoms with Crippen LogP contribution in [0, 0.1) is 5.41 Å². The third-order valence-corrected chi connectivity index (χ3v) is 3.58. The average molecular weight is 233 g/mol. The monoisotopic (exact) mass is 233 g/mol. The first-order valence-electron chi connectivity index (χ1n) is 6.11.